The van der Waals surface area contributed by atoms with Crippen molar-refractivity contribution >= 4 is 17.1 Å². The van der Waals surface area contributed by atoms with Crippen LogP contribution >= 0.6 is 17.1 Å². The zero-order chi connectivity index (χ0) is 15.0. The Morgan fingerprint density at radius 1 is 0.750 bits per heavy atom. The first kappa shape index (κ1) is 17.0. The molecule has 0 atom stereocenters. The first-order chi connectivity index (χ1) is 9.20. The summed E-state index contributed by atoms with van der Waals surface area (Å²) in [6, 6.07) is 0.273. The summed E-state index contributed by atoms with van der Waals surface area (Å²) in [4.78, 5) is 0. The molecule has 7 heteroatoms. The van der Waals surface area contributed by atoms with Gasteiger partial charge in [0.2, 0.25) is 0 Å². The van der Waals surface area contributed by atoms with Gasteiger partial charge < -0.3 is 18.1 Å². The first-order valence-corrected chi connectivity index (χ1v) is 9.37. The van der Waals surface area contributed by atoms with Crippen molar-refractivity contribution in [2.24, 2.45) is 10.8 Å². The number of rotatable bonds is 3. The van der Waals surface area contributed by atoms with Gasteiger partial charge in [-0.25, -0.2) is 0 Å². The molecule has 2 fully saturated rings. The second-order valence-corrected chi connectivity index (χ2v) is 10.5. The fraction of sp³-hybridized carbons (Fsp3) is 1.00. The van der Waals surface area contributed by atoms with E-state index in [-0.39, 0.29) is 16.9 Å². The Labute approximate surface area is 125 Å². The molecule has 2 saturated heterocycles. The van der Waals surface area contributed by atoms with Crippen LogP contribution in [0, 0.1) is 10.8 Å². The first-order valence-electron chi connectivity index (χ1n) is 7.11. The predicted molar refractivity (Wildman–Crippen MR) is 82.2 cm³/mol. The van der Waals surface area contributed by atoms with Gasteiger partial charge in [-0.1, -0.05) is 27.7 Å². The van der Waals surface area contributed by atoms with Gasteiger partial charge in [-0.3, -0.25) is 0 Å². The molecule has 0 aromatic heterocycles. The maximum Gasteiger partial charge on any atom is 0.266 e. The zero-order valence-electron chi connectivity index (χ0n) is 13.4. The second-order valence-electron chi connectivity index (χ2n) is 7.31. The topological polar surface area (TPSA) is 40.2 Å². The van der Waals surface area contributed by atoms with E-state index < -0.39 is 17.1 Å². The summed E-state index contributed by atoms with van der Waals surface area (Å²) in [5.74, 6) is 0. The molecule has 0 saturated carbocycles. The molecule has 0 bridgehead atoms. The van der Waals surface area contributed by atoms with Crippen LogP contribution in [-0.2, 0) is 18.1 Å². The Morgan fingerprint density at radius 3 is 1.30 bits per heavy atom. The van der Waals surface area contributed by atoms with Crippen LogP contribution in [-0.4, -0.2) is 36.9 Å². The van der Waals surface area contributed by atoms with Crippen LogP contribution in [0.5, 0.6) is 0 Å². The molecule has 5 nitrogen and oxygen atoms in total. The minimum absolute atomic E-state index is 0.0883. The normalized spacial score (nSPS) is 28.2. The molecule has 20 heavy (non-hydrogen) atoms. The molecule has 2 aliphatic heterocycles. The molecule has 2 aliphatic rings. The number of hydrogen-bond acceptors (Lipinski definition) is 5. The molecule has 118 valence electrons. The molecule has 0 radical (unpaired) electrons. The third-order valence-corrected chi connectivity index (χ3v) is 6.93. The smallest absolute Gasteiger partial charge is 0.266 e. The van der Waals surface area contributed by atoms with Crippen molar-refractivity contribution in [2.45, 2.75) is 47.6 Å². The van der Waals surface area contributed by atoms with Gasteiger partial charge in [-0.05, 0) is 13.8 Å². The summed E-state index contributed by atoms with van der Waals surface area (Å²) >= 11 is 0. The van der Waals surface area contributed by atoms with Gasteiger partial charge in [0.1, 0.15) is 0 Å². The summed E-state index contributed by atoms with van der Waals surface area (Å²) in [7, 11) is -2.15. The second kappa shape index (κ2) is 6.42. The summed E-state index contributed by atoms with van der Waals surface area (Å²) < 4.78 is 25.9. The van der Waals surface area contributed by atoms with E-state index in [9.17, 15) is 0 Å². The average Bonchev–Trinajstić information content (AvgIpc) is 2.33. The molecule has 0 N–H and O–H groups in total. The van der Waals surface area contributed by atoms with E-state index in [1.807, 2.05) is 0 Å². The van der Waals surface area contributed by atoms with Crippen LogP contribution in [0.1, 0.15) is 41.5 Å². The lowest BCUT2D eigenvalue weighted by atomic mass is 9.97. The van der Waals surface area contributed by atoms with Crippen molar-refractivity contribution in [1.29, 1.82) is 0 Å². The fourth-order valence-corrected chi connectivity index (χ4v) is 6.06. The molecule has 0 aliphatic carbocycles. The van der Waals surface area contributed by atoms with E-state index in [1.54, 1.807) is 0 Å². The molecule has 0 spiro atoms. The van der Waals surface area contributed by atoms with E-state index in [1.165, 1.54) is 0 Å². The van der Waals surface area contributed by atoms with Crippen LogP contribution in [0.4, 0.5) is 0 Å². The fourth-order valence-electron chi connectivity index (χ4n) is 1.75. The van der Waals surface area contributed by atoms with Crippen molar-refractivity contribution in [3.63, 3.8) is 0 Å². The highest BCUT2D eigenvalue weighted by Gasteiger charge is 2.42. The van der Waals surface area contributed by atoms with Crippen molar-refractivity contribution in [2.75, 3.05) is 26.4 Å². The molecule has 0 amide bonds. The Balaban J connectivity index is 1.98. The maximum atomic E-state index is 5.95. The van der Waals surface area contributed by atoms with Gasteiger partial charge in [-0.15, -0.1) is 0 Å². The van der Waals surface area contributed by atoms with E-state index in [2.05, 4.69) is 46.0 Å². The van der Waals surface area contributed by atoms with Crippen molar-refractivity contribution in [3.8, 4) is 0 Å². The number of nitrogens with zero attached hydrogens (tertiary/aromatic N) is 1. The standard InChI is InChI=1S/C13H27NO4P2/c1-11(2)14(19-15-7-12(3,4)8-16-19)20-17-9-13(5,6)10-18-20/h11H,7-10H2,1-6H3. The van der Waals surface area contributed by atoms with Gasteiger partial charge in [0.15, 0.2) is 0 Å². The highest BCUT2D eigenvalue weighted by atomic mass is 31.2. The van der Waals surface area contributed by atoms with Crippen molar-refractivity contribution in [3.05, 3.63) is 0 Å². The molecule has 0 aromatic carbocycles. The average molecular weight is 323 g/mol. The van der Waals surface area contributed by atoms with E-state index >= 15 is 0 Å². The molecule has 2 rings (SSSR count). The lowest BCUT2D eigenvalue weighted by molar-refractivity contribution is 0.0306. The maximum absolute atomic E-state index is 5.95. The molecular weight excluding hydrogens is 296 g/mol. The Hall–Kier alpha value is 0.660. The molecule has 2 heterocycles. The largest absolute Gasteiger partial charge is 0.321 e. The third kappa shape index (κ3) is 4.33. The van der Waals surface area contributed by atoms with Crippen LogP contribution < -0.4 is 0 Å². The van der Waals surface area contributed by atoms with Gasteiger partial charge in [0, 0.05) is 16.9 Å². The SMILES string of the molecule is CC(C)N(P1OCC(C)(C)CO1)P1OCC(C)(C)CO1. The number of hydrogen-bond donors (Lipinski definition) is 0. The van der Waals surface area contributed by atoms with Crippen LogP contribution in [0.15, 0.2) is 0 Å². The molecular formula is C13H27NO4P2. The quantitative estimate of drug-likeness (QED) is 0.724. The lowest BCUT2D eigenvalue weighted by Gasteiger charge is -2.44. The van der Waals surface area contributed by atoms with Crippen molar-refractivity contribution in [1.82, 2.24) is 4.44 Å². The van der Waals surface area contributed by atoms with Gasteiger partial charge in [0.05, 0.1) is 26.4 Å². The monoisotopic (exact) mass is 323 g/mol. The predicted octanol–water partition coefficient (Wildman–Crippen LogP) is 4.30. The van der Waals surface area contributed by atoms with Crippen LogP contribution in [0.2, 0.25) is 0 Å². The Morgan fingerprint density at radius 2 is 1.05 bits per heavy atom. The van der Waals surface area contributed by atoms with E-state index in [0.29, 0.717) is 0 Å². The minimum Gasteiger partial charge on any atom is -0.321 e. The summed E-state index contributed by atoms with van der Waals surface area (Å²) in [6.45, 7) is 15.7. The van der Waals surface area contributed by atoms with E-state index in [0.717, 1.165) is 26.4 Å². The third-order valence-electron chi connectivity index (χ3n) is 3.06. The highest BCUT2D eigenvalue weighted by molar-refractivity contribution is 7.60. The summed E-state index contributed by atoms with van der Waals surface area (Å²) in [5, 5.41) is 0. The summed E-state index contributed by atoms with van der Waals surface area (Å²) in [6.07, 6.45) is 0. The van der Waals surface area contributed by atoms with Gasteiger partial charge in [0.25, 0.3) is 17.1 Å². The van der Waals surface area contributed by atoms with Crippen molar-refractivity contribution < 1.29 is 18.1 Å². The van der Waals surface area contributed by atoms with E-state index in [4.69, 9.17) is 18.1 Å². The van der Waals surface area contributed by atoms with Gasteiger partial charge in [-0.2, -0.15) is 4.44 Å². The highest BCUT2D eigenvalue weighted by Crippen LogP contribution is 2.63. The van der Waals surface area contributed by atoms with Gasteiger partial charge >= 0.3 is 0 Å². The Bertz CT molecular complexity index is 290. The van der Waals surface area contributed by atoms with Crippen LogP contribution in [0.3, 0.4) is 0 Å². The zero-order valence-corrected chi connectivity index (χ0v) is 15.2. The minimum atomic E-state index is -1.07. The summed E-state index contributed by atoms with van der Waals surface area (Å²) in [5.41, 5.74) is 0.177. The van der Waals surface area contributed by atoms with Crippen LogP contribution in [0.25, 0.3) is 0 Å². The molecule has 0 aromatic rings. The molecule has 0 unspecified atom stereocenters. The lowest BCUT2D eigenvalue weighted by Crippen LogP contribution is -2.36. The Kier molecular flexibility index (Phi) is 5.46.